The highest BCUT2D eigenvalue weighted by molar-refractivity contribution is 5.35. The van der Waals surface area contributed by atoms with Gasteiger partial charge in [-0.3, -0.25) is 0 Å². The Balaban J connectivity index is 2.24. The van der Waals surface area contributed by atoms with Crippen LogP contribution in [0.2, 0.25) is 0 Å². The predicted octanol–water partition coefficient (Wildman–Crippen LogP) is 7.40. The van der Waals surface area contributed by atoms with E-state index in [0.717, 1.165) is 12.8 Å². The van der Waals surface area contributed by atoms with Crippen LogP contribution in [-0.2, 0) is 4.74 Å². The zero-order chi connectivity index (χ0) is 20.1. The molecule has 0 heterocycles. The number of benzene rings is 2. The molecule has 0 aliphatic rings. The van der Waals surface area contributed by atoms with Gasteiger partial charge in [-0.1, -0.05) is 75.2 Å². The molecule has 1 nitrogen and oxygen atoms in total. The van der Waals surface area contributed by atoms with E-state index in [2.05, 4.69) is 91.8 Å². The van der Waals surface area contributed by atoms with Crippen LogP contribution in [0.3, 0.4) is 0 Å². The van der Waals surface area contributed by atoms with Gasteiger partial charge in [0, 0.05) is 11.8 Å². The Morgan fingerprint density at radius 2 is 1.04 bits per heavy atom. The van der Waals surface area contributed by atoms with Gasteiger partial charge in [0.25, 0.3) is 0 Å². The SMILES string of the molecule is CCC(OC(CC)C(C)c1cc(C)ccc1C)C(C)c1cc(C)ccc1C. The molecule has 4 atom stereocenters. The lowest BCUT2D eigenvalue weighted by molar-refractivity contribution is -0.0378. The first-order valence-electron chi connectivity index (χ1n) is 10.6. The fourth-order valence-electron chi connectivity index (χ4n) is 4.26. The molecule has 0 amide bonds. The smallest absolute Gasteiger partial charge is 0.0642 e. The first-order chi connectivity index (χ1) is 12.8. The molecular weight excluding hydrogens is 328 g/mol. The number of ether oxygens (including phenoxy) is 1. The van der Waals surface area contributed by atoms with E-state index in [4.69, 9.17) is 4.74 Å². The average Bonchev–Trinajstić information content (AvgIpc) is 2.65. The summed E-state index contributed by atoms with van der Waals surface area (Å²) < 4.78 is 6.77. The summed E-state index contributed by atoms with van der Waals surface area (Å²) in [4.78, 5) is 0. The Morgan fingerprint density at radius 1 is 0.667 bits per heavy atom. The summed E-state index contributed by atoms with van der Waals surface area (Å²) in [5, 5.41) is 0. The van der Waals surface area contributed by atoms with Crippen molar-refractivity contribution in [2.45, 2.75) is 92.3 Å². The first kappa shape index (κ1) is 21.7. The van der Waals surface area contributed by atoms with Gasteiger partial charge in [-0.2, -0.15) is 0 Å². The van der Waals surface area contributed by atoms with Gasteiger partial charge in [-0.15, -0.1) is 0 Å². The van der Waals surface area contributed by atoms with E-state index in [9.17, 15) is 0 Å². The second kappa shape index (κ2) is 9.55. The third-order valence-electron chi connectivity index (χ3n) is 6.12. The monoisotopic (exact) mass is 366 g/mol. The van der Waals surface area contributed by atoms with Crippen LogP contribution < -0.4 is 0 Å². The Labute approximate surface area is 167 Å². The molecule has 0 aromatic heterocycles. The fourth-order valence-corrected chi connectivity index (χ4v) is 4.26. The van der Waals surface area contributed by atoms with Gasteiger partial charge in [-0.05, 0) is 62.8 Å². The molecule has 4 unspecified atom stereocenters. The summed E-state index contributed by atoms with van der Waals surface area (Å²) in [6.45, 7) is 17.9. The van der Waals surface area contributed by atoms with Gasteiger partial charge >= 0.3 is 0 Å². The van der Waals surface area contributed by atoms with E-state index < -0.39 is 0 Å². The number of hydrogen-bond acceptors (Lipinski definition) is 1. The van der Waals surface area contributed by atoms with Crippen LogP contribution in [0.25, 0.3) is 0 Å². The van der Waals surface area contributed by atoms with E-state index in [0.29, 0.717) is 11.8 Å². The van der Waals surface area contributed by atoms with Crippen LogP contribution in [0.15, 0.2) is 36.4 Å². The minimum atomic E-state index is 0.239. The van der Waals surface area contributed by atoms with Crippen molar-refractivity contribution < 1.29 is 4.74 Å². The summed E-state index contributed by atoms with van der Waals surface area (Å²) in [5.41, 5.74) is 8.24. The van der Waals surface area contributed by atoms with Gasteiger partial charge in [0.1, 0.15) is 0 Å². The maximum atomic E-state index is 6.77. The lowest BCUT2D eigenvalue weighted by Crippen LogP contribution is -2.30. The first-order valence-corrected chi connectivity index (χ1v) is 10.6. The van der Waals surface area contributed by atoms with Crippen LogP contribution in [-0.4, -0.2) is 12.2 Å². The van der Waals surface area contributed by atoms with E-state index in [1.807, 2.05) is 0 Å². The number of rotatable bonds is 8. The Morgan fingerprint density at radius 3 is 1.37 bits per heavy atom. The minimum Gasteiger partial charge on any atom is -0.374 e. The van der Waals surface area contributed by atoms with Gasteiger partial charge < -0.3 is 4.74 Å². The van der Waals surface area contributed by atoms with Gasteiger partial charge in [0.05, 0.1) is 12.2 Å². The normalized spacial score (nSPS) is 16.0. The molecule has 0 bridgehead atoms. The van der Waals surface area contributed by atoms with Crippen molar-refractivity contribution in [1.82, 2.24) is 0 Å². The summed E-state index contributed by atoms with van der Waals surface area (Å²) >= 11 is 0. The molecule has 2 aromatic carbocycles. The molecule has 0 radical (unpaired) electrons. The van der Waals surface area contributed by atoms with Crippen molar-refractivity contribution in [3.05, 3.63) is 69.8 Å². The van der Waals surface area contributed by atoms with Crippen molar-refractivity contribution in [3.8, 4) is 0 Å². The maximum absolute atomic E-state index is 6.77. The van der Waals surface area contributed by atoms with Crippen LogP contribution in [0.1, 0.15) is 85.8 Å². The zero-order valence-corrected chi connectivity index (χ0v) is 18.6. The average molecular weight is 367 g/mol. The second-order valence-electron chi connectivity index (χ2n) is 8.33. The topological polar surface area (TPSA) is 9.23 Å². The molecule has 27 heavy (non-hydrogen) atoms. The van der Waals surface area contributed by atoms with Crippen LogP contribution in [0.4, 0.5) is 0 Å². The maximum Gasteiger partial charge on any atom is 0.0642 e. The van der Waals surface area contributed by atoms with Crippen molar-refractivity contribution >= 4 is 0 Å². The standard InChI is InChI=1S/C26H38O/c1-9-25(21(7)23-15-17(3)11-13-19(23)5)27-26(10-2)22(8)24-16-18(4)12-14-20(24)6/h11-16,21-22,25-26H,9-10H2,1-8H3. The van der Waals surface area contributed by atoms with Crippen molar-refractivity contribution in [3.63, 3.8) is 0 Å². The highest BCUT2D eigenvalue weighted by Gasteiger charge is 2.27. The lowest BCUT2D eigenvalue weighted by atomic mass is 9.87. The molecule has 0 spiro atoms. The summed E-state index contributed by atoms with van der Waals surface area (Å²) in [7, 11) is 0. The largest absolute Gasteiger partial charge is 0.374 e. The summed E-state index contributed by atoms with van der Waals surface area (Å²) in [6.07, 6.45) is 2.54. The minimum absolute atomic E-state index is 0.239. The molecule has 2 rings (SSSR count). The van der Waals surface area contributed by atoms with E-state index in [-0.39, 0.29) is 12.2 Å². The molecule has 0 fully saturated rings. The Hall–Kier alpha value is -1.60. The van der Waals surface area contributed by atoms with E-state index in [1.165, 1.54) is 33.4 Å². The summed E-state index contributed by atoms with van der Waals surface area (Å²) in [5.74, 6) is 0.796. The fraction of sp³-hybridized carbons (Fsp3) is 0.538. The quantitative estimate of drug-likeness (QED) is 0.473. The van der Waals surface area contributed by atoms with Gasteiger partial charge in [-0.25, -0.2) is 0 Å². The Kier molecular flexibility index (Phi) is 7.68. The molecule has 0 saturated heterocycles. The van der Waals surface area contributed by atoms with Crippen LogP contribution in [0, 0.1) is 27.7 Å². The summed E-state index contributed by atoms with van der Waals surface area (Å²) in [6, 6.07) is 13.5. The van der Waals surface area contributed by atoms with E-state index >= 15 is 0 Å². The highest BCUT2D eigenvalue weighted by Crippen LogP contribution is 2.33. The molecule has 0 aliphatic heterocycles. The lowest BCUT2D eigenvalue weighted by Gasteiger charge is -2.33. The molecule has 0 aliphatic carbocycles. The third kappa shape index (κ3) is 5.23. The van der Waals surface area contributed by atoms with E-state index in [1.54, 1.807) is 0 Å². The number of hydrogen-bond donors (Lipinski definition) is 0. The van der Waals surface area contributed by atoms with Crippen molar-refractivity contribution in [2.24, 2.45) is 0 Å². The van der Waals surface area contributed by atoms with Crippen LogP contribution >= 0.6 is 0 Å². The van der Waals surface area contributed by atoms with Gasteiger partial charge in [0.15, 0.2) is 0 Å². The van der Waals surface area contributed by atoms with Gasteiger partial charge in [0.2, 0.25) is 0 Å². The molecule has 2 aromatic rings. The molecular formula is C26H38O. The third-order valence-corrected chi connectivity index (χ3v) is 6.12. The molecule has 0 saturated carbocycles. The molecule has 1 heteroatoms. The molecule has 0 N–H and O–H groups in total. The predicted molar refractivity (Wildman–Crippen MR) is 118 cm³/mol. The molecule has 148 valence electrons. The number of aryl methyl sites for hydroxylation is 4. The Bertz CT molecular complexity index is 682. The van der Waals surface area contributed by atoms with Crippen molar-refractivity contribution in [2.75, 3.05) is 0 Å². The van der Waals surface area contributed by atoms with Crippen LogP contribution in [0.5, 0.6) is 0 Å². The highest BCUT2D eigenvalue weighted by atomic mass is 16.5. The van der Waals surface area contributed by atoms with Crippen molar-refractivity contribution in [1.29, 1.82) is 0 Å². The second-order valence-corrected chi connectivity index (χ2v) is 8.33. The zero-order valence-electron chi connectivity index (χ0n) is 18.6.